The second-order valence-corrected chi connectivity index (χ2v) is 5.75. The lowest BCUT2D eigenvalue weighted by Crippen LogP contribution is -2.29. The summed E-state index contributed by atoms with van der Waals surface area (Å²) in [6.07, 6.45) is 0.573. The average Bonchev–Trinajstić information content (AvgIpc) is 2.44. The Morgan fingerprint density at radius 2 is 1.89 bits per heavy atom. The highest BCUT2D eigenvalue weighted by molar-refractivity contribution is 7.89. The third kappa shape index (κ3) is 3.93. The smallest absolute Gasteiger partial charge is 0.328 e. The Bertz CT molecular complexity index is 525. The van der Waals surface area contributed by atoms with Crippen LogP contribution in [0.3, 0.4) is 0 Å². The van der Waals surface area contributed by atoms with Crippen molar-refractivity contribution in [3.05, 3.63) is 24.3 Å². The minimum absolute atomic E-state index is 0.173. The zero-order chi connectivity index (χ0) is 14.5. The number of nitrogens with one attached hydrogen (secondary N) is 2. The van der Waals surface area contributed by atoms with E-state index in [-0.39, 0.29) is 10.9 Å². The van der Waals surface area contributed by atoms with Crippen LogP contribution in [0.5, 0.6) is 0 Å². The Labute approximate surface area is 113 Å². The van der Waals surface area contributed by atoms with Gasteiger partial charge in [0, 0.05) is 5.69 Å². The number of carbonyl (C=O) groups is 1. The van der Waals surface area contributed by atoms with Gasteiger partial charge in [0.1, 0.15) is 6.04 Å². The molecule has 0 aliphatic rings. The molecule has 106 valence electrons. The van der Waals surface area contributed by atoms with E-state index < -0.39 is 16.1 Å². The topological polar surface area (TPSA) is 84.5 Å². The molecule has 6 nitrogen and oxygen atoms in total. The van der Waals surface area contributed by atoms with Crippen LogP contribution >= 0.6 is 0 Å². The molecule has 1 aromatic rings. The van der Waals surface area contributed by atoms with Gasteiger partial charge in [-0.2, -0.15) is 0 Å². The minimum Gasteiger partial charge on any atom is -0.467 e. The maximum atomic E-state index is 11.5. The van der Waals surface area contributed by atoms with E-state index in [1.54, 1.807) is 12.1 Å². The molecule has 1 rings (SSSR count). The summed E-state index contributed by atoms with van der Waals surface area (Å²) in [6, 6.07) is 5.71. The first-order valence-corrected chi connectivity index (χ1v) is 7.31. The predicted molar refractivity (Wildman–Crippen MR) is 72.4 cm³/mol. The quantitative estimate of drug-likeness (QED) is 0.761. The fourth-order valence-corrected chi connectivity index (χ4v) is 2.25. The number of hydrogen-bond donors (Lipinski definition) is 2. The molecule has 1 atom stereocenters. The summed E-state index contributed by atoms with van der Waals surface area (Å²) in [5, 5.41) is 2.99. The largest absolute Gasteiger partial charge is 0.467 e. The van der Waals surface area contributed by atoms with E-state index in [4.69, 9.17) is 0 Å². The molecule has 0 bridgehead atoms. The summed E-state index contributed by atoms with van der Waals surface area (Å²) in [4.78, 5) is 11.6. The lowest BCUT2D eigenvalue weighted by Gasteiger charge is -2.15. The SMILES string of the molecule is CCC(Nc1ccc(S(=O)(=O)NC)cc1)C(=O)OC. The van der Waals surface area contributed by atoms with Gasteiger partial charge < -0.3 is 10.1 Å². The number of carbonyl (C=O) groups excluding carboxylic acids is 1. The molecule has 0 saturated heterocycles. The number of anilines is 1. The standard InChI is InChI=1S/C12H18N2O4S/c1-4-11(12(15)18-3)14-9-5-7-10(8-6-9)19(16,17)13-2/h5-8,11,13-14H,4H2,1-3H3. The van der Waals surface area contributed by atoms with Gasteiger partial charge in [0.25, 0.3) is 0 Å². The van der Waals surface area contributed by atoms with Crippen molar-refractivity contribution >= 4 is 21.7 Å². The molecular formula is C12H18N2O4S. The van der Waals surface area contributed by atoms with Crippen LogP contribution in [0.25, 0.3) is 0 Å². The van der Waals surface area contributed by atoms with Crippen molar-refractivity contribution in [2.45, 2.75) is 24.3 Å². The van der Waals surface area contributed by atoms with Crippen molar-refractivity contribution in [2.24, 2.45) is 0 Å². The first kappa shape index (κ1) is 15.5. The monoisotopic (exact) mass is 286 g/mol. The Kier molecular flexibility index (Phi) is 5.31. The number of hydrogen-bond acceptors (Lipinski definition) is 5. The van der Waals surface area contributed by atoms with E-state index >= 15 is 0 Å². The van der Waals surface area contributed by atoms with Gasteiger partial charge in [-0.15, -0.1) is 0 Å². The third-order valence-electron chi connectivity index (χ3n) is 2.67. The fraction of sp³-hybridized carbons (Fsp3) is 0.417. The van der Waals surface area contributed by atoms with Gasteiger partial charge in [0.05, 0.1) is 12.0 Å². The van der Waals surface area contributed by atoms with E-state index in [0.717, 1.165) is 0 Å². The van der Waals surface area contributed by atoms with Gasteiger partial charge >= 0.3 is 5.97 Å². The second kappa shape index (κ2) is 6.53. The first-order chi connectivity index (χ1) is 8.94. The first-order valence-electron chi connectivity index (χ1n) is 5.82. The molecule has 1 unspecified atom stereocenters. The highest BCUT2D eigenvalue weighted by Gasteiger charge is 2.17. The number of rotatable bonds is 6. The summed E-state index contributed by atoms with van der Waals surface area (Å²) in [5.41, 5.74) is 0.660. The average molecular weight is 286 g/mol. The zero-order valence-electron chi connectivity index (χ0n) is 11.1. The highest BCUT2D eigenvalue weighted by atomic mass is 32.2. The Hall–Kier alpha value is -1.60. The number of esters is 1. The van der Waals surface area contributed by atoms with Gasteiger partial charge in [0.2, 0.25) is 10.0 Å². The second-order valence-electron chi connectivity index (χ2n) is 3.86. The third-order valence-corrected chi connectivity index (χ3v) is 4.10. The van der Waals surface area contributed by atoms with E-state index in [1.807, 2.05) is 6.92 Å². The van der Waals surface area contributed by atoms with E-state index in [1.165, 1.54) is 26.3 Å². The number of ether oxygens (including phenoxy) is 1. The van der Waals surface area contributed by atoms with Crippen LogP contribution in [-0.4, -0.2) is 34.6 Å². The van der Waals surface area contributed by atoms with Crippen LogP contribution in [0.15, 0.2) is 29.2 Å². The molecule has 7 heteroatoms. The Balaban J connectivity index is 2.85. The van der Waals surface area contributed by atoms with Crippen molar-refractivity contribution in [3.63, 3.8) is 0 Å². The lowest BCUT2D eigenvalue weighted by atomic mass is 10.2. The van der Waals surface area contributed by atoms with Crippen LogP contribution in [-0.2, 0) is 19.6 Å². The summed E-state index contributed by atoms with van der Waals surface area (Å²) in [7, 11) is -0.758. The molecule has 0 aliphatic heterocycles. The maximum Gasteiger partial charge on any atom is 0.328 e. The van der Waals surface area contributed by atoms with Crippen LogP contribution < -0.4 is 10.0 Å². The molecule has 2 N–H and O–H groups in total. The van der Waals surface area contributed by atoms with E-state index in [9.17, 15) is 13.2 Å². The summed E-state index contributed by atoms with van der Waals surface area (Å²) in [6.45, 7) is 1.86. The fourth-order valence-electron chi connectivity index (χ4n) is 1.52. The number of benzene rings is 1. The molecule has 19 heavy (non-hydrogen) atoms. The van der Waals surface area contributed by atoms with Gasteiger partial charge in [-0.05, 0) is 37.7 Å². The number of sulfonamides is 1. The summed E-state index contributed by atoms with van der Waals surface area (Å²) >= 11 is 0. The van der Waals surface area contributed by atoms with Crippen LogP contribution in [0.2, 0.25) is 0 Å². The Morgan fingerprint density at radius 3 is 2.32 bits per heavy atom. The van der Waals surface area contributed by atoms with E-state index in [2.05, 4.69) is 14.8 Å². The van der Waals surface area contributed by atoms with Crippen LogP contribution in [0.1, 0.15) is 13.3 Å². The molecule has 0 heterocycles. The van der Waals surface area contributed by atoms with Gasteiger partial charge in [-0.1, -0.05) is 6.92 Å². The van der Waals surface area contributed by atoms with Gasteiger partial charge in [-0.3, -0.25) is 0 Å². The van der Waals surface area contributed by atoms with Crippen molar-refractivity contribution in [1.29, 1.82) is 0 Å². The maximum absolute atomic E-state index is 11.5. The van der Waals surface area contributed by atoms with E-state index in [0.29, 0.717) is 12.1 Å². The molecule has 0 aliphatic carbocycles. The van der Waals surface area contributed by atoms with Gasteiger partial charge in [-0.25, -0.2) is 17.9 Å². The zero-order valence-corrected chi connectivity index (χ0v) is 12.0. The molecular weight excluding hydrogens is 268 g/mol. The molecule has 0 aromatic heterocycles. The summed E-state index contributed by atoms with van der Waals surface area (Å²) < 4.78 is 30.0. The van der Waals surface area contributed by atoms with Gasteiger partial charge in [0.15, 0.2) is 0 Å². The molecule has 0 spiro atoms. The molecule has 0 radical (unpaired) electrons. The van der Waals surface area contributed by atoms with Crippen molar-refractivity contribution in [1.82, 2.24) is 4.72 Å². The van der Waals surface area contributed by atoms with Crippen molar-refractivity contribution in [2.75, 3.05) is 19.5 Å². The van der Waals surface area contributed by atoms with Crippen molar-refractivity contribution < 1.29 is 17.9 Å². The summed E-state index contributed by atoms with van der Waals surface area (Å²) in [5.74, 6) is -0.352. The normalized spacial score (nSPS) is 12.8. The van der Waals surface area contributed by atoms with Crippen LogP contribution in [0, 0.1) is 0 Å². The Morgan fingerprint density at radius 1 is 1.32 bits per heavy atom. The molecule has 0 amide bonds. The number of methoxy groups -OCH3 is 1. The highest BCUT2D eigenvalue weighted by Crippen LogP contribution is 2.15. The minimum atomic E-state index is -3.44. The van der Waals surface area contributed by atoms with Crippen LogP contribution in [0.4, 0.5) is 5.69 Å². The molecule has 0 saturated carbocycles. The van der Waals surface area contributed by atoms with Crippen molar-refractivity contribution in [3.8, 4) is 0 Å². The molecule has 0 fully saturated rings. The predicted octanol–water partition coefficient (Wildman–Crippen LogP) is 0.958. The molecule has 1 aromatic carbocycles. The lowest BCUT2D eigenvalue weighted by molar-refractivity contribution is -0.141.